The quantitative estimate of drug-likeness (QED) is 0.777. The number of ether oxygens (including phenoxy) is 1. The van der Waals surface area contributed by atoms with Gasteiger partial charge in [0.15, 0.2) is 0 Å². The summed E-state index contributed by atoms with van der Waals surface area (Å²) < 4.78 is 5.00. The molecule has 0 radical (unpaired) electrons. The van der Waals surface area contributed by atoms with Gasteiger partial charge in [-0.3, -0.25) is 4.79 Å². The number of hydrogen-bond donors (Lipinski definition) is 2. The molecule has 0 unspecified atom stereocenters. The second-order valence-corrected chi connectivity index (χ2v) is 3.75. The summed E-state index contributed by atoms with van der Waals surface area (Å²) in [6, 6.07) is 7.19. The van der Waals surface area contributed by atoms with Gasteiger partial charge in [-0.05, 0) is 24.6 Å². The summed E-state index contributed by atoms with van der Waals surface area (Å²) in [4.78, 5) is 10.8. The van der Waals surface area contributed by atoms with Crippen LogP contribution in [0, 0.1) is 0 Å². The molecule has 0 saturated carbocycles. The average molecular weight is 209 g/mol. The first-order valence-corrected chi connectivity index (χ1v) is 4.61. The summed E-state index contributed by atoms with van der Waals surface area (Å²) in [7, 11) is 1.58. The average Bonchev–Trinajstić information content (AvgIpc) is 2.18. The highest BCUT2D eigenvalue weighted by molar-refractivity contribution is 5.78. The molecule has 1 aromatic carbocycles. The van der Waals surface area contributed by atoms with E-state index in [1.165, 1.54) is 6.92 Å². The Kier molecular flexibility index (Phi) is 3.31. The van der Waals surface area contributed by atoms with Gasteiger partial charge in [0.05, 0.1) is 7.11 Å². The lowest BCUT2D eigenvalue weighted by atomic mass is 9.94. The first-order valence-electron chi connectivity index (χ1n) is 4.61. The highest BCUT2D eigenvalue weighted by Gasteiger charge is 2.27. The van der Waals surface area contributed by atoms with E-state index in [4.69, 9.17) is 15.6 Å². The molecule has 0 spiro atoms. The van der Waals surface area contributed by atoms with E-state index < -0.39 is 11.5 Å². The second kappa shape index (κ2) is 4.31. The zero-order valence-electron chi connectivity index (χ0n) is 8.86. The molecule has 1 aromatic rings. The topological polar surface area (TPSA) is 72.5 Å². The molecular weight excluding hydrogens is 194 g/mol. The third-order valence-corrected chi connectivity index (χ3v) is 2.22. The van der Waals surface area contributed by atoms with Crippen molar-refractivity contribution >= 4 is 5.97 Å². The van der Waals surface area contributed by atoms with E-state index in [2.05, 4.69) is 0 Å². The lowest BCUT2D eigenvalue weighted by Gasteiger charge is -2.18. The van der Waals surface area contributed by atoms with Crippen LogP contribution in [0.5, 0.6) is 5.75 Å². The number of rotatable bonds is 4. The zero-order chi connectivity index (χ0) is 11.5. The molecule has 0 aromatic heterocycles. The van der Waals surface area contributed by atoms with Crippen molar-refractivity contribution in [2.24, 2.45) is 5.73 Å². The fourth-order valence-electron chi connectivity index (χ4n) is 1.24. The molecule has 3 N–H and O–H groups in total. The highest BCUT2D eigenvalue weighted by atomic mass is 16.5. The number of hydrogen-bond acceptors (Lipinski definition) is 3. The van der Waals surface area contributed by atoms with Crippen LogP contribution in [-0.2, 0) is 11.2 Å². The number of methoxy groups -OCH3 is 1. The van der Waals surface area contributed by atoms with Gasteiger partial charge >= 0.3 is 5.97 Å². The molecule has 1 atom stereocenters. The van der Waals surface area contributed by atoms with E-state index in [0.29, 0.717) is 6.42 Å². The summed E-state index contributed by atoms with van der Waals surface area (Å²) in [5.41, 5.74) is 5.28. The Morgan fingerprint density at radius 3 is 2.40 bits per heavy atom. The van der Waals surface area contributed by atoms with Gasteiger partial charge in [-0.15, -0.1) is 0 Å². The van der Waals surface area contributed by atoms with Crippen LogP contribution < -0.4 is 10.5 Å². The van der Waals surface area contributed by atoms with E-state index in [1.807, 2.05) is 12.1 Å². The first-order chi connectivity index (χ1) is 6.95. The van der Waals surface area contributed by atoms with Crippen LogP contribution in [-0.4, -0.2) is 23.7 Å². The number of carboxylic acids is 1. The van der Waals surface area contributed by atoms with Gasteiger partial charge in [-0.2, -0.15) is 0 Å². The molecule has 0 aliphatic rings. The maximum atomic E-state index is 10.8. The molecule has 0 heterocycles. The van der Waals surface area contributed by atoms with Crippen molar-refractivity contribution in [3.05, 3.63) is 29.8 Å². The summed E-state index contributed by atoms with van der Waals surface area (Å²) in [5, 5.41) is 8.85. The van der Waals surface area contributed by atoms with Gasteiger partial charge < -0.3 is 15.6 Å². The molecule has 0 amide bonds. The van der Waals surface area contributed by atoms with E-state index >= 15 is 0 Å². The van der Waals surface area contributed by atoms with Gasteiger partial charge in [0.2, 0.25) is 0 Å². The molecule has 0 saturated heterocycles. The van der Waals surface area contributed by atoms with Crippen LogP contribution in [0.3, 0.4) is 0 Å². The number of carboxylic acid groups (broad SMARTS) is 1. The van der Waals surface area contributed by atoms with Gasteiger partial charge in [-0.1, -0.05) is 12.1 Å². The standard InChI is InChI=1S/C11H15NO3/c1-11(12,10(13)14)7-8-3-5-9(15-2)6-4-8/h3-6H,7,12H2,1-2H3,(H,13,14)/t11-/m1/s1. The molecular formula is C11H15NO3. The fourth-order valence-corrected chi connectivity index (χ4v) is 1.24. The molecule has 1 rings (SSSR count). The van der Waals surface area contributed by atoms with Gasteiger partial charge in [0.25, 0.3) is 0 Å². The number of nitrogens with two attached hydrogens (primary N) is 1. The number of benzene rings is 1. The van der Waals surface area contributed by atoms with Gasteiger partial charge in [-0.25, -0.2) is 0 Å². The Morgan fingerprint density at radius 2 is 2.00 bits per heavy atom. The Labute approximate surface area is 88.7 Å². The van der Waals surface area contributed by atoms with Crippen molar-refractivity contribution in [1.29, 1.82) is 0 Å². The molecule has 4 heteroatoms. The fraction of sp³-hybridized carbons (Fsp3) is 0.364. The molecule has 0 bridgehead atoms. The molecule has 4 nitrogen and oxygen atoms in total. The molecule has 82 valence electrons. The summed E-state index contributed by atoms with van der Waals surface area (Å²) in [6.45, 7) is 1.50. The lowest BCUT2D eigenvalue weighted by molar-refractivity contribution is -0.142. The largest absolute Gasteiger partial charge is 0.497 e. The summed E-state index contributed by atoms with van der Waals surface area (Å²) in [5.74, 6) is -0.258. The Morgan fingerprint density at radius 1 is 1.47 bits per heavy atom. The highest BCUT2D eigenvalue weighted by Crippen LogP contribution is 2.15. The van der Waals surface area contributed by atoms with Crippen LogP contribution >= 0.6 is 0 Å². The third-order valence-electron chi connectivity index (χ3n) is 2.22. The van der Waals surface area contributed by atoms with E-state index in [-0.39, 0.29) is 0 Å². The SMILES string of the molecule is COc1ccc(C[C@@](C)(N)C(=O)O)cc1. The minimum Gasteiger partial charge on any atom is -0.497 e. The van der Waals surface area contributed by atoms with Crippen molar-refractivity contribution in [3.63, 3.8) is 0 Å². The molecule has 0 aliphatic heterocycles. The normalized spacial score (nSPS) is 14.3. The maximum Gasteiger partial charge on any atom is 0.323 e. The van der Waals surface area contributed by atoms with Crippen LogP contribution in [0.2, 0.25) is 0 Å². The lowest BCUT2D eigenvalue weighted by Crippen LogP contribution is -2.46. The second-order valence-electron chi connectivity index (χ2n) is 3.75. The first kappa shape index (κ1) is 11.5. The molecule has 0 aliphatic carbocycles. The van der Waals surface area contributed by atoms with E-state index in [0.717, 1.165) is 11.3 Å². The number of carbonyl (C=O) groups is 1. The maximum absolute atomic E-state index is 10.8. The van der Waals surface area contributed by atoms with Gasteiger partial charge in [0.1, 0.15) is 11.3 Å². The van der Waals surface area contributed by atoms with Crippen molar-refractivity contribution in [2.45, 2.75) is 18.9 Å². The van der Waals surface area contributed by atoms with Crippen LogP contribution in [0.4, 0.5) is 0 Å². The Balaban J connectivity index is 2.77. The predicted octanol–water partition coefficient (Wildman–Crippen LogP) is 1.04. The van der Waals surface area contributed by atoms with Crippen LogP contribution in [0.1, 0.15) is 12.5 Å². The minimum atomic E-state index is -1.23. The monoisotopic (exact) mass is 209 g/mol. The van der Waals surface area contributed by atoms with Crippen molar-refractivity contribution in [2.75, 3.05) is 7.11 Å². The van der Waals surface area contributed by atoms with E-state index in [1.54, 1.807) is 19.2 Å². The van der Waals surface area contributed by atoms with Gasteiger partial charge in [0, 0.05) is 6.42 Å². The van der Waals surface area contributed by atoms with Crippen LogP contribution in [0.15, 0.2) is 24.3 Å². The Bertz CT molecular complexity index is 343. The van der Waals surface area contributed by atoms with Crippen molar-refractivity contribution in [3.8, 4) is 5.75 Å². The third kappa shape index (κ3) is 2.95. The number of aliphatic carboxylic acids is 1. The smallest absolute Gasteiger partial charge is 0.323 e. The van der Waals surface area contributed by atoms with Crippen LogP contribution in [0.25, 0.3) is 0 Å². The predicted molar refractivity (Wildman–Crippen MR) is 56.9 cm³/mol. The molecule has 0 fully saturated rings. The van der Waals surface area contributed by atoms with Crippen molar-refractivity contribution < 1.29 is 14.6 Å². The molecule has 15 heavy (non-hydrogen) atoms. The van der Waals surface area contributed by atoms with E-state index in [9.17, 15) is 4.79 Å². The summed E-state index contributed by atoms with van der Waals surface area (Å²) in [6.07, 6.45) is 0.298. The summed E-state index contributed by atoms with van der Waals surface area (Å²) >= 11 is 0. The Hall–Kier alpha value is -1.55. The zero-order valence-corrected chi connectivity index (χ0v) is 8.86. The van der Waals surface area contributed by atoms with Crippen molar-refractivity contribution in [1.82, 2.24) is 0 Å². The minimum absolute atomic E-state index is 0.298.